The molecule has 320 valence electrons. The van der Waals surface area contributed by atoms with E-state index in [1.807, 2.05) is 0 Å². The molecule has 58 heavy (non-hydrogen) atoms. The Morgan fingerprint density at radius 1 is 1.12 bits per heavy atom. The number of carbonyl (C=O) groups is 2. The van der Waals surface area contributed by atoms with Gasteiger partial charge in [-0.2, -0.15) is 4.98 Å². The van der Waals surface area contributed by atoms with Crippen LogP contribution in [0.1, 0.15) is 38.1 Å². The number of sulfone groups is 1. The van der Waals surface area contributed by atoms with Crippen molar-refractivity contribution in [1.29, 1.82) is 0 Å². The van der Waals surface area contributed by atoms with Gasteiger partial charge in [-0.1, -0.05) is 6.08 Å². The van der Waals surface area contributed by atoms with Crippen molar-refractivity contribution in [2.45, 2.75) is 74.7 Å². The van der Waals surface area contributed by atoms with Crippen molar-refractivity contribution in [3.63, 3.8) is 0 Å². The highest BCUT2D eigenvalue weighted by atomic mass is 32.2. The average Bonchev–Trinajstić information content (AvgIpc) is 3.82. The number of aliphatic hydroxyl groups excluding tert-OH is 1. The number of imidazole rings is 1. The summed E-state index contributed by atoms with van der Waals surface area (Å²) in [5, 5.41) is 13.9. The number of anilines is 2. The molecule has 2 aliphatic heterocycles. The summed E-state index contributed by atoms with van der Waals surface area (Å²) in [6.45, 7) is 1.70. The minimum absolute atomic E-state index is 0.0291. The molecule has 1 amide bonds. The van der Waals surface area contributed by atoms with Gasteiger partial charge in [0.2, 0.25) is 5.91 Å². The van der Waals surface area contributed by atoms with Crippen LogP contribution < -0.4 is 22.5 Å². The van der Waals surface area contributed by atoms with E-state index in [-0.39, 0.29) is 42.1 Å². The van der Waals surface area contributed by atoms with Gasteiger partial charge in [0.1, 0.15) is 64.2 Å². The van der Waals surface area contributed by atoms with E-state index in [9.17, 15) is 51.7 Å². The lowest BCUT2D eigenvalue weighted by Crippen LogP contribution is -2.47. The van der Waals surface area contributed by atoms with Crippen molar-refractivity contribution < 1.29 is 74.7 Å². The van der Waals surface area contributed by atoms with Crippen LogP contribution in [0.3, 0.4) is 0 Å². The highest BCUT2D eigenvalue weighted by molar-refractivity contribution is 7.90. The molecule has 2 fully saturated rings. The van der Waals surface area contributed by atoms with Crippen LogP contribution in [0, 0.1) is 0 Å². The zero-order chi connectivity index (χ0) is 42.6. The van der Waals surface area contributed by atoms with Crippen LogP contribution in [0.5, 0.6) is 0 Å². The van der Waals surface area contributed by atoms with Gasteiger partial charge in [0, 0.05) is 25.3 Å². The summed E-state index contributed by atoms with van der Waals surface area (Å²) >= 11 is 0. The monoisotopic (exact) mass is 881 g/mol. The number of amides is 1. The molecule has 0 saturated carbocycles. The van der Waals surface area contributed by atoms with Crippen molar-refractivity contribution in [2.75, 3.05) is 36.7 Å². The number of phosphoric ester groups is 2. The number of hydrogen-bond donors (Lipinski definition) is 7. The minimum atomic E-state index is -5.26. The number of carbonyl (C=O) groups excluding carboxylic acids is 2. The van der Waals surface area contributed by atoms with E-state index in [1.54, 1.807) is 0 Å². The standard InChI is InChI=1S/C29H41N9O17P2S/c1-3-4-5-20(39)35-15(7-9-58(2,48)49)28(41)54-24-18(53-27(23(24)40)38-14-34-22-25(31)32-13-33-26(22)38)12-51-57(46,47)55-16-10-21(37-8-6-19(30)36-29(37)42)52-17(16)11-50-56(43,44)45/h3,6,8,13-18,21,23-24,27,40H,1,4-5,7,9-12H2,2H3,(H,35,39)(H,46,47)(H2,30,36,42)(H2,31,32,33)(H2,43,44,45)/t15-,16+,17-,18?,21-,23?,24?,27?/m1/s1. The number of nitrogens with zero attached hydrogens (tertiary/aromatic N) is 6. The topological polar surface area (TPSA) is 381 Å². The average molecular weight is 882 g/mol. The highest BCUT2D eigenvalue weighted by Gasteiger charge is 2.50. The quantitative estimate of drug-likeness (QED) is 0.0397. The van der Waals surface area contributed by atoms with Crippen molar-refractivity contribution in [3.05, 3.63) is 48.1 Å². The van der Waals surface area contributed by atoms with Gasteiger partial charge in [-0.05, 0) is 18.9 Å². The molecule has 29 heteroatoms. The Bertz CT molecular complexity index is 2260. The second kappa shape index (κ2) is 18.4. The van der Waals surface area contributed by atoms with Crippen LogP contribution in [0.15, 0.2) is 42.4 Å². The predicted molar refractivity (Wildman–Crippen MR) is 195 cm³/mol. The van der Waals surface area contributed by atoms with Gasteiger partial charge in [0.05, 0.1) is 25.3 Å². The molecule has 3 aromatic heterocycles. The number of phosphoric acid groups is 2. The molecule has 5 heterocycles. The molecule has 0 bridgehead atoms. The largest absolute Gasteiger partial charge is 0.472 e. The Morgan fingerprint density at radius 2 is 1.84 bits per heavy atom. The number of fused-ring (bicyclic) bond motifs is 1. The molecular weight excluding hydrogens is 840 g/mol. The first kappa shape index (κ1) is 44.9. The number of aliphatic hydroxyl groups is 1. The molecule has 2 aliphatic rings. The molecule has 9 N–H and O–H groups in total. The molecule has 0 aromatic carbocycles. The van der Waals surface area contributed by atoms with Crippen LogP contribution in [-0.4, -0.2) is 131 Å². The second-order valence-electron chi connectivity index (χ2n) is 13.0. The van der Waals surface area contributed by atoms with E-state index in [0.717, 1.165) is 17.2 Å². The van der Waals surface area contributed by atoms with E-state index in [1.165, 1.54) is 29.2 Å². The van der Waals surface area contributed by atoms with Crippen molar-refractivity contribution in [1.82, 2.24) is 34.4 Å². The molecule has 0 radical (unpaired) electrons. The fourth-order valence-electron chi connectivity index (χ4n) is 5.90. The van der Waals surface area contributed by atoms with Gasteiger partial charge in [0.25, 0.3) is 0 Å². The number of nitrogens with one attached hydrogen (secondary N) is 1. The van der Waals surface area contributed by atoms with Crippen molar-refractivity contribution in [3.8, 4) is 0 Å². The van der Waals surface area contributed by atoms with Crippen molar-refractivity contribution >= 4 is 60.2 Å². The maximum atomic E-state index is 13.6. The lowest BCUT2D eigenvalue weighted by Gasteiger charge is -2.25. The van der Waals surface area contributed by atoms with Crippen LogP contribution >= 0.6 is 15.6 Å². The zero-order valence-corrected chi connectivity index (χ0v) is 33.0. The maximum Gasteiger partial charge on any atom is 0.472 e. The summed E-state index contributed by atoms with van der Waals surface area (Å²) in [7, 11) is -14.0. The summed E-state index contributed by atoms with van der Waals surface area (Å²) < 4.78 is 83.3. The number of ether oxygens (including phenoxy) is 3. The number of nitrogens with two attached hydrogens (primary N) is 2. The van der Waals surface area contributed by atoms with Crippen LogP contribution in [-0.2, 0) is 56.3 Å². The smallest absolute Gasteiger partial charge is 0.455 e. The van der Waals surface area contributed by atoms with Crippen LogP contribution in [0.25, 0.3) is 11.2 Å². The normalized spacial score (nSPS) is 25.3. The molecule has 2 saturated heterocycles. The predicted octanol–water partition coefficient (Wildman–Crippen LogP) is -1.80. The van der Waals surface area contributed by atoms with E-state index >= 15 is 0 Å². The molecule has 3 aromatic rings. The molecule has 5 unspecified atom stereocenters. The Morgan fingerprint density at radius 3 is 2.52 bits per heavy atom. The van der Waals surface area contributed by atoms with Gasteiger partial charge >= 0.3 is 27.3 Å². The first-order chi connectivity index (χ1) is 27.1. The van der Waals surface area contributed by atoms with Crippen LogP contribution in [0.2, 0.25) is 0 Å². The van der Waals surface area contributed by atoms with Gasteiger partial charge < -0.3 is 50.8 Å². The van der Waals surface area contributed by atoms with Gasteiger partial charge in [-0.3, -0.25) is 27.5 Å². The van der Waals surface area contributed by atoms with Gasteiger partial charge in [0.15, 0.2) is 23.8 Å². The van der Waals surface area contributed by atoms with Gasteiger partial charge in [-0.25, -0.2) is 42.1 Å². The van der Waals surface area contributed by atoms with Crippen LogP contribution in [0.4, 0.5) is 11.6 Å². The van der Waals surface area contributed by atoms with E-state index in [2.05, 4.69) is 36.4 Å². The number of aromatic nitrogens is 6. The molecular formula is C29H41N9O17P2S. The maximum absolute atomic E-state index is 13.6. The Kier molecular flexibility index (Phi) is 14.2. The van der Waals surface area contributed by atoms with Gasteiger partial charge in [-0.15, -0.1) is 6.58 Å². The zero-order valence-electron chi connectivity index (χ0n) is 30.4. The molecule has 9 atom stereocenters. The Balaban J connectivity index is 1.38. The third-order valence-corrected chi connectivity index (χ3v) is 11.1. The lowest BCUT2D eigenvalue weighted by atomic mass is 10.1. The minimum Gasteiger partial charge on any atom is -0.455 e. The fraction of sp³-hybridized carbons (Fsp3) is 0.552. The molecule has 0 spiro atoms. The third kappa shape index (κ3) is 11.7. The number of nitrogen functional groups attached to an aromatic ring is 2. The van der Waals surface area contributed by atoms with E-state index in [4.69, 9.17) is 34.7 Å². The highest BCUT2D eigenvalue weighted by Crippen LogP contribution is 2.50. The summed E-state index contributed by atoms with van der Waals surface area (Å²) in [5.74, 6) is -2.54. The summed E-state index contributed by atoms with van der Waals surface area (Å²) in [5.41, 5.74) is 10.7. The lowest BCUT2D eigenvalue weighted by molar-refractivity contribution is -0.160. The molecule has 26 nitrogen and oxygen atoms in total. The Hall–Kier alpha value is -4.24. The SMILES string of the molecule is C=CCCC(=O)N[C@H](CCS(C)(=O)=O)C(=O)OC1C(COP(=O)(O)O[C@H]2C[C@H](n3ccc(N)nc3=O)O[C@@H]2COP(=O)(O)O)OC(n2cnc3c(N)ncnc32)C1O. The number of hydrogen-bond acceptors (Lipinski definition) is 20. The van der Waals surface area contributed by atoms with E-state index < -0.39 is 117 Å². The Labute approximate surface area is 328 Å². The molecule has 0 aliphatic carbocycles. The summed E-state index contributed by atoms with van der Waals surface area (Å²) in [6.07, 6.45) is -5.67. The first-order valence-electron chi connectivity index (χ1n) is 17.1. The first-order valence-corrected chi connectivity index (χ1v) is 22.1. The number of esters is 1. The van der Waals surface area contributed by atoms with E-state index in [0.29, 0.717) is 0 Å². The number of rotatable bonds is 19. The number of allylic oxidation sites excluding steroid dienone is 1. The van der Waals surface area contributed by atoms with Crippen molar-refractivity contribution in [2.24, 2.45) is 0 Å². The summed E-state index contributed by atoms with van der Waals surface area (Å²) in [6, 6.07) is -0.286. The third-order valence-electron chi connectivity index (χ3n) is 8.62. The molecule has 5 rings (SSSR count). The fourth-order valence-corrected chi connectivity index (χ4v) is 7.86. The summed E-state index contributed by atoms with van der Waals surface area (Å²) in [4.78, 5) is 83.7. The second-order valence-corrected chi connectivity index (χ2v) is 17.9.